The van der Waals surface area contributed by atoms with Gasteiger partial charge >= 0.3 is 0 Å². The molecule has 0 atom stereocenters. The highest BCUT2D eigenvalue weighted by atomic mass is 14.3. The molecule has 170 valence electrons. The highest BCUT2D eigenvalue weighted by Gasteiger charge is 2.21. The van der Waals surface area contributed by atoms with E-state index in [1.165, 1.54) is 91.7 Å². The lowest BCUT2D eigenvalue weighted by atomic mass is 9.77. The van der Waals surface area contributed by atoms with Crippen LogP contribution in [0.25, 0.3) is 10.8 Å². The third-order valence-electron chi connectivity index (χ3n) is 7.74. The second kappa shape index (κ2) is 11.7. The van der Waals surface area contributed by atoms with Crippen LogP contribution >= 0.6 is 0 Å². The lowest BCUT2D eigenvalue weighted by molar-refractivity contribution is 0.308. The maximum Gasteiger partial charge on any atom is -0.0162 e. The van der Waals surface area contributed by atoms with Gasteiger partial charge in [0.25, 0.3) is 0 Å². The molecule has 0 heteroatoms. The van der Waals surface area contributed by atoms with Crippen molar-refractivity contribution in [3.05, 3.63) is 82.9 Å². The number of aryl methyl sites for hydroxylation is 3. The third kappa shape index (κ3) is 6.25. The van der Waals surface area contributed by atoms with Gasteiger partial charge in [0, 0.05) is 0 Å². The molecule has 0 aliphatic heterocycles. The minimum atomic E-state index is 0.796. The minimum Gasteiger partial charge on any atom is -0.0654 e. The van der Waals surface area contributed by atoms with Crippen molar-refractivity contribution >= 4 is 10.8 Å². The molecule has 4 rings (SSSR count). The van der Waals surface area contributed by atoms with Crippen LogP contribution in [0.2, 0.25) is 0 Å². The van der Waals surface area contributed by atoms with Gasteiger partial charge in [0.1, 0.15) is 0 Å². The van der Waals surface area contributed by atoms with Gasteiger partial charge in [-0.1, -0.05) is 100 Å². The van der Waals surface area contributed by atoms with Gasteiger partial charge in [0.2, 0.25) is 0 Å². The van der Waals surface area contributed by atoms with E-state index in [1.807, 2.05) is 0 Å². The molecule has 3 aromatic rings. The van der Waals surface area contributed by atoms with Gasteiger partial charge in [-0.2, -0.15) is 0 Å². The van der Waals surface area contributed by atoms with E-state index in [0.29, 0.717) is 0 Å². The molecular formula is C32H42. The van der Waals surface area contributed by atoms with Gasteiger partial charge in [0.15, 0.2) is 0 Å². The first-order chi connectivity index (χ1) is 15.7. The van der Waals surface area contributed by atoms with Crippen LogP contribution in [0.15, 0.2) is 60.7 Å². The fraction of sp³-hybridized carbons (Fsp3) is 0.500. The van der Waals surface area contributed by atoms with Gasteiger partial charge in [0.05, 0.1) is 0 Å². The first-order valence-corrected chi connectivity index (χ1v) is 13.4. The summed E-state index contributed by atoms with van der Waals surface area (Å²) in [5.41, 5.74) is 5.98. The summed E-state index contributed by atoms with van der Waals surface area (Å²) in [5.74, 6) is 1.79. The first kappa shape index (κ1) is 23.1. The summed E-state index contributed by atoms with van der Waals surface area (Å²) in [4.78, 5) is 0. The Hall–Kier alpha value is -2.08. The van der Waals surface area contributed by atoms with Crippen LogP contribution in [0, 0.1) is 5.92 Å². The number of benzene rings is 3. The molecule has 0 N–H and O–H groups in total. The van der Waals surface area contributed by atoms with Crippen molar-refractivity contribution in [2.24, 2.45) is 5.92 Å². The van der Waals surface area contributed by atoms with Gasteiger partial charge in [-0.25, -0.2) is 0 Å². The van der Waals surface area contributed by atoms with E-state index < -0.39 is 0 Å². The zero-order valence-corrected chi connectivity index (χ0v) is 20.4. The summed E-state index contributed by atoms with van der Waals surface area (Å²) in [6.45, 7) is 4.60. The van der Waals surface area contributed by atoms with E-state index in [1.54, 1.807) is 5.56 Å². The molecule has 1 aliphatic rings. The summed E-state index contributed by atoms with van der Waals surface area (Å²) >= 11 is 0. The van der Waals surface area contributed by atoms with Crippen molar-refractivity contribution in [1.82, 2.24) is 0 Å². The molecule has 0 amide bonds. The van der Waals surface area contributed by atoms with Crippen LogP contribution in [0.5, 0.6) is 0 Å². The summed E-state index contributed by atoms with van der Waals surface area (Å²) in [6, 6.07) is 23.7. The summed E-state index contributed by atoms with van der Waals surface area (Å²) in [7, 11) is 0. The highest BCUT2D eigenvalue weighted by molar-refractivity contribution is 5.83. The quantitative estimate of drug-likeness (QED) is 0.283. The Balaban J connectivity index is 1.30. The third-order valence-corrected chi connectivity index (χ3v) is 7.74. The molecule has 0 radical (unpaired) electrons. The SMILES string of the molecule is CCCCCc1ccc2cc(CCc3ccc(C4CCC(CCC)CC4)cc3)ccc2c1. The fourth-order valence-electron chi connectivity index (χ4n) is 5.67. The maximum atomic E-state index is 2.42. The van der Waals surface area contributed by atoms with E-state index in [4.69, 9.17) is 0 Å². The van der Waals surface area contributed by atoms with E-state index in [0.717, 1.165) is 24.7 Å². The lowest BCUT2D eigenvalue weighted by Gasteiger charge is -2.28. The maximum absolute atomic E-state index is 2.42. The predicted octanol–water partition coefficient (Wildman–Crippen LogP) is 9.43. The van der Waals surface area contributed by atoms with Crippen LogP contribution in [0.4, 0.5) is 0 Å². The molecule has 0 aromatic heterocycles. The average Bonchev–Trinajstić information content (AvgIpc) is 2.84. The number of unbranched alkanes of at least 4 members (excludes halogenated alkanes) is 2. The lowest BCUT2D eigenvalue weighted by Crippen LogP contribution is -2.13. The van der Waals surface area contributed by atoms with Crippen molar-refractivity contribution in [3.8, 4) is 0 Å². The highest BCUT2D eigenvalue weighted by Crippen LogP contribution is 2.37. The summed E-state index contributed by atoms with van der Waals surface area (Å²) in [6.07, 6.45) is 15.8. The Bertz CT molecular complexity index is 957. The van der Waals surface area contributed by atoms with Gasteiger partial charge in [-0.05, 0) is 96.2 Å². The monoisotopic (exact) mass is 426 g/mol. The van der Waals surface area contributed by atoms with Crippen LogP contribution < -0.4 is 0 Å². The van der Waals surface area contributed by atoms with Crippen molar-refractivity contribution < 1.29 is 0 Å². The van der Waals surface area contributed by atoms with Crippen molar-refractivity contribution in [2.45, 2.75) is 96.8 Å². The normalized spacial score (nSPS) is 18.8. The molecule has 0 heterocycles. The standard InChI is InChI=1S/C32H42/c1-3-5-6-8-27-15-21-32-24-28(16-22-31(32)23-27)10-9-26-13-19-30(20-14-26)29-17-11-25(7-4-2)12-18-29/h13-16,19-25,29H,3-12,17-18H2,1-2H3. The molecule has 3 aromatic carbocycles. The summed E-state index contributed by atoms with van der Waals surface area (Å²) < 4.78 is 0. The fourth-order valence-corrected chi connectivity index (χ4v) is 5.67. The van der Waals surface area contributed by atoms with E-state index in [9.17, 15) is 0 Å². The number of hydrogen-bond acceptors (Lipinski definition) is 0. The predicted molar refractivity (Wildman–Crippen MR) is 141 cm³/mol. The molecule has 0 bridgehead atoms. The smallest absolute Gasteiger partial charge is 0.0162 e. The molecule has 0 spiro atoms. The molecule has 32 heavy (non-hydrogen) atoms. The number of fused-ring (bicyclic) bond motifs is 1. The number of rotatable bonds is 10. The first-order valence-electron chi connectivity index (χ1n) is 13.4. The van der Waals surface area contributed by atoms with Gasteiger partial charge < -0.3 is 0 Å². The van der Waals surface area contributed by atoms with Crippen LogP contribution in [0.3, 0.4) is 0 Å². The molecule has 1 saturated carbocycles. The second-order valence-corrected chi connectivity index (χ2v) is 10.2. The van der Waals surface area contributed by atoms with Crippen LogP contribution in [0.1, 0.15) is 99.8 Å². The molecule has 1 fully saturated rings. The van der Waals surface area contributed by atoms with Crippen molar-refractivity contribution in [1.29, 1.82) is 0 Å². The largest absolute Gasteiger partial charge is 0.0654 e. The zero-order chi connectivity index (χ0) is 22.2. The molecule has 0 nitrogen and oxygen atoms in total. The van der Waals surface area contributed by atoms with E-state index in [2.05, 4.69) is 74.5 Å². The summed E-state index contributed by atoms with van der Waals surface area (Å²) in [5, 5.41) is 2.77. The minimum absolute atomic E-state index is 0.796. The van der Waals surface area contributed by atoms with Gasteiger partial charge in [-0.3, -0.25) is 0 Å². The zero-order valence-electron chi connectivity index (χ0n) is 20.4. The average molecular weight is 427 g/mol. The Morgan fingerprint density at radius 2 is 1.19 bits per heavy atom. The number of hydrogen-bond donors (Lipinski definition) is 0. The van der Waals surface area contributed by atoms with E-state index in [-0.39, 0.29) is 0 Å². The Morgan fingerprint density at radius 3 is 1.81 bits per heavy atom. The van der Waals surface area contributed by atoms with E-state index >= 15 is 0 Å². The second-order valence-electron chi connectivity index (χ2n) is 10.2. The molecule has 0 saturated heterocycles. The Morgan fingerprint density at radius 1 is 0.594 bits per heavy atom. The Kier molecular flexibility index (Phi) is 8.43. The molecular weight excluding hydrogens is 384 g/mol. The Labute approximate surface area is 196 Å². The topological polar surface area (TPSA) is 0 Å². The molecule has 1 aliphatic carbocycles. The van der Waals surface area contributed by atoms with Crippen molar-refractivity contribution in [3.63, 3.8) is 0 Å². The van der Waals surface area contributed by atoms with Crippen LogP contribution in [-0.2, 0) is 19.3 Å². The van der Waals surface area contributed by atoms with Crippen LogP contribution in [-0.4, -0.2) is 0 Å². The molecule has 0 unspecified atom stereocenters. The van der Waals surface area contributed by atoms with Crippen molar-refractivity contribution in [2.75, 3.05) is 0 Å². The van der Waals surface area contributed by atoms with Gasteiger partial charge in [-0.15, -0.1) is 0 Å².